The van der Waals surface area contributed by atoms with Crippen molar-refractivity contribution < 1.29 is 9.85 Å². The van der Waals surface area contributed by atoms with Gasteiger partial charge in [0.25, 0.3) is 5.69 Å². The van der Waals surface area contributed by atoms with Gasteiger partial charge in [0.15, 0.2) is 0 Å². The topological polar surface area (TPSA) is 128 Å². The maximum atomic E-state index is 10.9. The molecule has 0 unspecified atom stereocenters. The number of hydrogen-bond acceptors (Lipinski definition) is 7. The molecule has 1 aromatic rings. The van der Waals surface area contributed by atoms with Crippen LogP contribution in [0.5, 0.6) is 0 Å². The van der Waals surface area contributed by atoms with Crippen molar-refractivity contribution in [3.8, 4) is 0 Å². The molecule has 0 spiro atoms. The highest BCUT2D eigenvalue weighted by Gasteiger charge is 2.25. The minimum absolute atomic E-state index is 0.200. The van der Waals surface area contributed by atoms with Crippen LogP contribution in [0.25, 0.3) is 0 Å². The van der Waals surface area contributed by atoms with Gasteiger partial charge in [0.05, 0.1) is 15.9 Å². The lowest BCUT2D eigenvalue weighted by Gasteiger charge is -2.12. The number of nitro groups is 2. The summed E-state index contributed by atoms with van der Waals surface area (Å²) < 4.78 is 0. The number of benzene rings is 1. The first kappa shape index (κ1) is 11.8. The molecule has 94 valence electrons. The molecule has 0 saturated carbocycles. The van der Waals surface area contributed by atoms with E-state index < -0.39 is 9.85 Å². The molecular weight excluding hydrogens is 242 g/mol. The number of hydrogen-bond donors (Lipinski definition) is 1. The van der Waals surface area contributed by atoms with Gasteiger partial charge in [0, 0.05) is 19.0 Å². The fourth-order valence-electron chi connectivity index (χ4n) is 1.64. The van der Waals surface area contributed by atoms with Crippen molar-refractivity contribution >= 4 is 22.9 Å². The Balaban J connectivity index is 2.47. The lowest BCUT2D eigenvalue weighted by atomic mass is 10.2. The molecule has 18 heavy (non-hydrogen) atoms. The minimum atomic E-state index is -0.682. The van der Waals surface area contributed by atoms with Gasteiger partial charge in [-0.15, -0.1) is 0 Å². The van der Waals surface area contributed by atoms with Gasteiger partial charge in [-0.25, -0.2) is 0 Å². The number of anilines is 1. The van der Waals surface area contributed by atoms with E-state index in [-0.39, 0.29) is 17.1 Å². The summed E-state index contributed by atoms with van der Waals surface area (Å²) in [6, 6.07) is 3.42. The summed E-state index contributed by atoms with van der Waals surface area (Å²) in [6.45, 7) is 0.421. The number of hydrazone groups is 1. The van der Waals surface area contributed by atoms with Crippen LogP contribution in [0, 0.1) is 20.2 Å². The number of non-ortho nitro benzene ring substituents is 1. The monoisotopic (exact) mass is 251 g/mol. The summed E-state index contributed by atoms with van der Waals surface area (Å²) in [5.41, 5.74) is 5.01. The number of rotatable bonds is 3. The molecule has 0 atom stereocenters. The molecule has 2 rings (SSSR count). The van der Waals surface area contributed by atoms with Gasteiger partial charge in [0.2, 0.25) is 0 Å². The molecule has 0 radical (unpaired) electrons. The highest BCUT2D eigenvalue weighted by molar-refractivity contribution is 5.85. The van der Waals surface area contributed by atoms with Crippen molar-refractivity contribution in [2.24, 2.45) is 10.8 Å². The quantitative estimate of drug-likeness (QED) is 0.629. The Kier molecular flexibility index (Phi) is 2.80. The molecule has 1 aromatic carbocycles. The van der Waals surface area contributed by atoms with Crippen LogP contribution in [0.1, 0.15) is 6.42 Å². The maximum Gasteiger partial charge on any atom is 0.301 e. The van der Waals surface area contributed by atoms with Gasteiger partial charge in [-0.05, 0) is 6.07 Å². The summed E-state index contributed by atoms with van der Waals surface area (Å²) in [5.74, 6) is 0.377. The van der Waals surface area contributed by atoms with Crippen LogP contribution in [0.15, 0.2) is 23.3 Å². The third kappa shape index (κ3) is 2.05. The zero-order chi connectivity index (χ0) is 13.3. The number of amidine groups is 1. The summed E-state index contributed by atoms with van der Waals surface area (Å²) in [4.78, 5) is 20.1. The second kappa shape index (κ2) is 4.28. The molecular formula is C9H9N5O4. The fraction of sp³-hybridized carbons (Fsp3) is 0.222. The molecule has 9 heteroatoms. The predicted molar refractivity (Wildman–Crippen MR) is 63.3 cm³/mol. The standard InChI is InChI=1S/C9H9N5O4/c10-9-3-4-12(11-9)7-2-1-6(13(15)16)5-8(7)14(17)18/h1-2,5H,3-4H2,(H2,10,11). The van der Waals surface area contributed by atoms with Crippen molar-refractivity contribution in [1.82, 2.24) is 0 Å². The number of nitrogens with two attached hydrogens (primary N) is 1. The second-order valence-corrected chi connectivity index (χ2v) is 3.65. The van der Waals surface area contributed by atoms with Crippen molar-refractivity contribution in [3.63, 3.8) is 0 Å². The third-order valence-corrected chi connectivity index (χ3v) is 2.47. The zero-order valence-corrected chi connectivity index (χ0v) is 9.15. The van der Waals surface area contributed by atoms with E-state index in [1.807, 2.05) is 0 Å². The van der Waals surface area contributed by atoms with Crippen molar-refractivity contribution in [1.29, 1.82) is 0 Å². The van der Waals surface area contributed by atoms with Crippen LogP contribution in [0.3, 0.4) is 0 Å². The van der Waals surface area contributed by atoms with Crippen molar-refractivity contribution in [2.45, 2.75) is 6.42 Å². The Morgan fingerprint density at radius 2 is 2.00 bits per heavy atom. The predicted octanol–water partition coefficient (Wildman–Crippen LogP) is 0.985. The van der Waals surface area contributed by atoms with E-state index in [0.717, 1.165) is 6.07 Å². The molecule has 1 aliphatic heterocycles. The molecule has 0 aromatic heterocycles. The first-order valence-corrected chi connectivity index (χ1v) is 5.02. The summed E-state index contributed by atoms with van der Waals surface area (Å²) >= 11 is 0. The van der Waals surface area contributed by atoms with E-state index in [9.17, 15) is 20.2 Å². The average Bonchev–Trinajstić information content (AvgIpc) is 2.74. The summed E-state index contributed by atoms with van der Waals surface area (Å²) in [6.07, 6.45) is 0.508. The molecule has 0 aliphatic carbocycles. The first-order chi connectivity index (χ1) is 8.49. The highest BCUT2D eigenvalue weighted by Crippen LogP contribution is 2.33. The zero-order valence-electron chi connectivity index (χ0n) is 9.15. The molecule has 1 aliphatic rings. The molecule has 0 bridgehead atoms. The molecule has 9 nitrogen and oxygen atoms in total. The van der Waals surface area contributed by atoms with Crippen molar-refractivity contribution in [2.75, 3.05) is 11.6 Å². The van der Waals surface area contributed by atoms with Crippen LogP contribution in [-0.4, -0.2) is 22.2 Å². The van der Waals surface area contributed by atoms with Gasteiger partial charge in [-0.3, -0.25) is 25.2 Å². The van der Waals surface area contributed by atoms with E-state index in [4.69, 9.17) is 5.73 Å². The van der Waals surface area contributed by atoms with Gasteiger partial charge < -0.3 is 5.73 Å². The van der Waals surface area contributed by atoms with Gasteiger partial charge in [0.1, 0.15) is 11.5 Å². The fourth-order valence-corrected chi connectivity index (χ4v) is 1.64. The molecule has 2 N–H and O–H groups in total. The van der Waals surface area contributed by atoms with Crippen LogP contribution in [-0.2, 0) is 0 Å². The van der Waals surface area contributed by atoms with Gasteiger partial charge in [-0.2, -0.15) is 5.10 Å². The number of nitro benzene ring substituents is 2. The Hall–Kier alpha value is -2.71. The van der Waals surface area contributed by atoms with E-state index in [2.05, 4.69) is 5.10 Å². The maximum absolute atomic E-state index is 10.9. The lowest BCUT2D eigenvalue weighted by molar-refractivity contribution is -0.393. The summed E-state index contributed by atoms with van der Waals surface area (Å²) in [5, 5.41) is 26.8. The lowest BCUT2D eigenvalue weighted by Crippen LogP contribution is -2.13. The molecule has 0 saturated heterocycles. The van der Waals surface area contributed by atoms with Crippen LogP contribution in [0.4, 0.5) is 17.1 Å². The molecule has 0 amide bonds. The highest BCUT2D eigenvalue weighted by atomic mass is 16.6. The Bertz CT molecular complexity index is 556. The van der Waals surface area contributed by atoms with Crippen LogP contribution >= 0.6 is 0 Å². The van der Waals surface area contributed by atoms with Gasteiger partial charge in [-0.1, -0.05) is 0 Å². The van der Waals surface area contributed by atoms with E-state index >= 15 is 0 Å². The summed E-state index contributed by atoms with van der Waals surface area (Å²) in [7, 11) is 0. The Morgan fingerprint density at radius 1 is 1.28 bits per heavy atom. The number of nitrogens with zero attached hydrogens (tertiary/aromatic N) is 4. The van der Waals surface area contributed by atoms with E-state index in [1.54, 1.807) is 0 Å². The average molecular weight is 251 g/mol. The smallest absolute Gasteiger partial charge is 0.301 e. The SMILES string of the molecule is NC1=NN(c2ccc([N+](=O)[O-])cc2[N+](=O)[O-])CC1. The van der Waals surface area contributed by atoms with Crippen LogP contribution < -0.4 is 10.7 Å². The van der Waals surface area contributed by atoms with Crippen molar-refractivity contribution in [3.05, 3.63) is 38.4 Å². The van der Waals surface area contributed by atoms with E-state index in [1.165, 1.54) is 17.1 Å². The third-order valence-electron chi connectivity index (χ3n) is 2.47. The van der Waals surface area contributed by atoms with Gasteiger partial charge >= 0.3 is 5.69 Å². The van der Waals surface area contributed by atoms with E-state index in [0.29, 0.717) is 18.8 Å². The second-order valence-electron chi connectivity index (χ2n) is 3.65. The first-order valence-electron chi connectivity index (χ1n) is 5.02. The molecule has 1 heterocycles. The normalized spacial score (nSPS) is 14.4. The minimum Gasteiger partial charge on any atom is -0.386 e. The Labute approximate surface area is 101 Å². The van der Waals surface area contributed by atoms with Crippen LogP contribution in [0.2, 0.25) is 0 Å². The Morgan fingerprint density at radius 3 is 2.50 bits per heavy atom. The molecule has 0 fully saturated rings. The largest absolute Gasteiger partial charge is 0.386 e.